The Kier molecular flexibility index (Phi) is 5.91. The molecule has 7 heteroatoms. The number of carbonyl (C=O) groups is 1. The van der Waals surface area contributed by atoms with Gasteiger partial charge < -0.3 is 20.5 Å². The minimum Gasteiger partial charge on any atom is -0.384 e. The number of nitrogen functional groups attached to an aromatic ring is 1. The van der Waals surface area contributed by atoms with Crippen LogP contribution in [0.2, 0.25) is 0 Å². The van der Waals surface area contributed by atoms with Crippen molar-refractivity contribution in [3.8, 4) is 0 Å². The zero-order valence-corrected chi connectivity index (χ0v) is 9.68. The molecule has 3 N–H and O–H groups in total. The van der Waals surface area contributed by atoms with E-state index in [2.05, 4.69) is 15.3 Å². The first kappa shape index (κ1) is 13.3. The van der Waals surface area contributed by atoms with Gasteiger partial charge in [-0.2, -0.15) is 0 Å². The summed E-state index contributed by atoms with van der Waals surface area (Å²) in [5.41, 5.74) is 5.33. The Labute approximate surface area is 99.3 Å². The monoisotopic (exact) mass is 240 g/mol. The maximum absolute atomic E-state index is 10.5. The van der Waals surface area contributed by atoms with E-state index >= 15 is 0 Å². The summed E-state index contributed by atoms with van der Waals surface area (Å²) in [6, 6.07) is 1.49. The van der Waals surface area contributed by atoms with Gasteiger partial charge in [0.05, 0.1) is 26.4 Å². The van der Waals surface area contributed by atoms with Crippen LogP contribution in [-0.2, 0) is 14.3 Å². The summed E-state index contributed by atoms with van der Waals surface area (Å²) in [7, 11) is 0. The number of aromatic nitrogens is 2. The Morgan fingerprint density at radius 1 is 1.29 bits per heavy atom. The molecular weight excluding hydrogens is 224 g/mol. The zero-order valence-electron chi connectivity index (χ0n) is 9.68. The minimum absolute atomic E-state index is 0.178. The Bertz CT molecular complexity index is 344. The van der Waals surface area contributed by atoms with Crippen LogP contribution in [0.25, 0.3) is 0 Å². The average Bonchev–Trinajstić information content (AvgIpc) is 2.31. The number of hydrogen-bond donors (Lipinski definition) is 2. The van der Waals surface area contributed by atoms with Crippen molar-refractivity contribution < 1.29 is 14.3 Å². The van der Waals surface area contributed by atoms with Crippen LogP contribution >= 0.6 is 0 Å². The predicted octanol–water partition coefficient (Wildman–Crippen LogP) is 0.0504. The topological polar surface area (TPSA) is 99.4 Å². The smallest absolute Gasteiger partial charge is 0.222 e. The number of nitrogens with one attached hydrogen (secondary N) is 1. The standard InChI is InChI=1S/C6H8N4O.C4H8O2/c1-4(11)10-6-2-5(7)8-3-9-6;1-2-6-4-3-5-1/h2-3H,1H3,(H3,7,8,9,10,11);1-4H2. The van der Waals surface area contributed by atoms with Crippen molar-refractivity contribution in [3.63, 3.8) is 0 Å². The summed E-state index contributed by atoms with van der Waals surface area (Å²) in [6.45, 7) is 4.51. The maximum Gasteiger partial charge on any atom is 0.222 e. The van der Waals surface area contributed by atoms with Gasteiger partial charge in [0.25, 0.3) is 0 Å². The quantitative estimate of drug-likeness (QED) is 0.719. The van der Waals surface area contributed by atoms with E-state index in [4.69, 9.17) is 15.2 Å². The number of ether oxygens (including phenoxy) is 2. The molecule has 17 heavy (non-hydrogen) atoms. The van der Waals surface area contributed by atoms with Crippen molar-refractivity contribution in [1.82, 2.24) is 9.97 Å². The zero-order chi connectivity index (χ0) is 12.5. The van der Waals surface area contributed by atoms with Gasteiger partial charge in [-0.05, 0) is 0 Å². The third-order valence-electron chi connectivity index (χ3n) is 1.74. The fourth-order valence-corrected chi connectivity index (χ4v) is 1.06. The highest BCUT2D eigenvalue weighted by atomic mass is 16.6. The number of carbonyl (C=O) groups excluding carboxylic acids is 1. The van der Waals surface area contributed by atoms with Gasteiger partial charge in [0.15, 0.2) is 0 Å². The molecule has 1 aliphatic rings. The van der Waals surface area contributed by atoms with Gasteiger partial charge in [0, 0.05) is 13.0 Å². The van der Waals surface area contributed by atoms with Crippen molar-refractivity contribution in [3.05, 3.63) is 12.4 Å². The van der Waals surface area contributed by atoms with E-state index in [1.165, 1.54) is 19.3 Å². The number of anilines is 2. The highest BCUT2D eigenvalue weighted by molar-refractivity contribution is 5.87. The van der Waals surface area contributed by atoms with Gasteiger partial charge in [-0.15, -0.1) is 0 Å². The number of nitrogens with two attached hydrogens (primary N) is 1. The molecule has 0 aromatic carbocycles. The largest absolute Gasteiger partial charge is 0.384 e. The van der Waals surface area contributed by atoms with E-state index in [0.29, 0.717) is 11.6 Å². The lowest BCUT2D eigenvalue weighted by atomic mass is 10.5. The summed E-state index contributed by atoms with van der Waals surface area (Å²) in [4.78, 5) is 17.9. The molecule has 1 saturated heterocycles. The SMILES string of the molecule is C1COCCO1.CC(=O)Nc1cc(N)ncn1. The summed E-state index contributed by atoms with van der Waals surface area (Å²) in [6.07, 6.45) is 1.29. The second-order valence-corrected chi connectivity index (χ2v) is 3.23. The molecule has 1 fully saturated rings. The lowest BCUT2D eigenvalue weighted by Crippen LogP contribution is -2.16. The molecule has 0 radical (unpaired) electrons. The lowest BCUT2D eigenvalue weighted by Gasteiger charge is -2.09. The van der Waals surface area contributed by atoms with Crippen molar-refractivity contribution >= 4 is 17.5 Å². The van der Waals surface area contributed by atoms with E-state index in [-0.39, 0.29) is 5.91 Å². The van der Waals surface area contributed by atoms with Crippen LogP contribution in [0, 0.1) is 0 Å². The summed E-state index contributed by atoms with van der Waals surface area (Å²) >= 11 is 0. The fraction of sp³-hybridized carbons (Fsp3) is 0.500. The third kappa shape index (κ3) is 6.44. The normalized spacial score (nSPS) is 14.4. The first-order valence-electron chi connectivity index (χ1n) is 5.19. The van der Waals surface area contributed by atoms with Crippen LogP contribution in [0.4, 0.5) is 11.6 Å². The molecule has 0 unspecified atom stereocenters. The van der Waals surface area contributed by atoms with Crippen molar-refractivity contribution in [2.45, 2.75) is 6.92 Å². The molecule has 0 aliphatic carbocycles. The van der Waals surface area contributed by atoms with Crippen LogP contribution in [0.15, 0.2) is 12.4 Å². The number of hydrogen-bond acceptors (Lipinski definition) is 6. The summed E-state index contributed by atoms with van der Waals surface area (Å²) in [5.74, 6) is 0.580. The first-order valence-corrected chi connectivity index (χ1v) is 5.19. The fourth-order valence-electron chi connectivity index (χ4n) is 1.06. The van der Waals surface area contributed by atoms with E-state index in [0.717, 1.165) is 26.4 Å². The second kappa shape index (κ2) is 7.53. The van der Waals surface area contributed by atoms with E-state index < -0.39 is 0 Å². The van der Waals surface area contributed by atoms with Gasteiger partial charge in [0.2, 0.25) is 5.91 Å². The van der Waals surface area contributed by atoms with Gasteiger partial charge >= 0.3 is 0 Å². The van der Waals surface area contributed by atoms with Crippen LogP contribution < -0.4 is 11.1 Å². The summed E-state index contributed by atoms with van der Waals surface area (Å²) in [5, 5.41) is 2.48. The molecule has 2 heterocycles. The molecule has 0 bridgehead atoms. The average molecular weight is 240 g/mol. The van der Waals surface area contributed by atoms with Crippen LogP contribution in [-0.4, -0.2) is 42.3 Å². The van der Waals surface area contributed by atoms with E-state index in [1.54, 1.807) is 0 Å². The van der Waals surface area contributed by atoms with E-state index in [1.807, 2.05) is 0 Å². The van der Waals surface area contributed by atoms with Crippen molar-refractivity contribution in [1.29, 1.82) is 0 Å². The van der Waals surface area contributed by atoms with Crippen LogP contribution in [0.3, 0.4) is 0 Å². The molecule has 2 rings (SSSR count). The van der Waals surface area contributed by atoms with Gasteiger partial charge in [-0.1, -0.05) is 0 Å². The molecule has 0 saturated carbocycles. The Balaban J connectivity index is 0.000000202. The Morgan fingerprint density at radius 2 is 1.88 bits per heavy atom. The number of rotatable bonds is 1. The Hall–Kier alpha value is -1.73. The van der Waals surface area contributed by atoms with Crippen molar-refractivity contribution in [2.24, 2.45) is 0 Å². The molecule has 1 aromatic heterocycles. The molecule has 1 aromatic rings. The molecule has 0 spiro atoms. The minimum atomic E-state index is -0.178. The van der Waals surface area contributed by atoms with Crippen LogP contribution in [0.1, 0.15) is 6.92 Å². The third-order valence-corrected chi connectivity index (χ3v) is 1.74. The molecule has 94 valence electrons. The molecule has 7 nitrogen and oxygen atoms in total. The molecule has 0 atom stereocenters. The highest BCUT2D eigenvalue weighted by Crippen LogP contribution is 2.03. The Morgan fingerprint density at radius 3 is 2.29 bits per heavy atom. The molecule has 1 aliphatic heterocycles. The van der Waals surface area contributed by atoms with Gasteiger partial charge in [0.1, 0.15) is 18.0 Å². The van der Waals surface area contributed by atoms with Crippen LogP contribution in [0.5, 0.6) is 0 Å². The van der Waals surface area contributed by atoms with Gasteiger partial charge in [-0.3, -0.25) is 4.79 Å². The maximum atomic E-state index is 10.5. The lowest BCUT2D eigenvalue weighted by molar-refractivity contribution is -0.114. The molecular formula is C10H16N4O3. The highest BCUT2D eigenvalue weighted by Gasteiger charge is 1.96. The van der Waals surface area contributed by atoms with Gasteiger partial charge in [-0.25, -0.2) is 9.97 Å². The second-order valence-electron chi connectivity index (χ2n) is 3.23. The first-order chi connectivity index (χ1) is 8.18. The summed E-state index contributed by atoms with van der Waals surface area (Å²) < 4.78 is 9.89. The number of nitrogens with zero attached hydrogens (tertiary/aromatic N) is 2. The predicted molar refractivity (Wildman–Crippen MR) is 62.4 cm³/mol. The number of amides is 1. The molecule has 1 amide bonds. The van der Waals surface area contributed by atoms with Crippen molar-refractivity contribution in [2.75, 3.05) is 37.5 Å². The van der Waals surface area contributed by atoms with E-state index in [9.17, 15) is 4.79 Å².